The molecule has 6 heteroatoms. The molecule has 0 saturated carbocycles. The zero-order valence-electron chi connectivity index (χ0n) is 11.9. The number of benzene rings is 1. The van der Waals surface area contributed by atoms with Gasteiger partial charge in [0.1, 0.15) is 5.82 Å². The molecule has 0 aliphatic heterocycles. The first-order valence-corrected chi connectivity index (χ1v) is 7.33. The topological polar surface area (TPSA) is 48.4 Å². The van der Waals surface area contributed by atoms with Crippen LogP contribution < -0.4 is 0 Å². The monoisotopic (exact) mass is 309 g/mol. The fraction of sp³-hybridized carbons (Fsp3) is 0.333. The van der Waals surface area contributed by atoms with Crippen LogP contribution in [0.5, 0.6) is 0 Å². The number of nitrogens with zero attached hydrogens (tertiary/aromatic N) is 1. The predicted molar refractivity (Wildman–Crippen MR) is 78.0 cm³/mol. The molecule has 2 aromatic rings. The zero-order valence-corrected chi connectivity index (χ0v) is 12.7. The minimum atomic E-state index is -0.680. The molecule has 0 unspecified atom stereocenters. The molecular formula is C15H16FNO3S. The molecule has 0 amide bonds. The summed E-state index contributed by atoms with van der Waals surface area (Å²) in [5.74, 6) is -1.28. The lowest BCUT2D eigenvalue weighted by Gasteiger charge is -2.06. The molecule has 0 atom stereocenters. The van der Waals surface area contributed by atoms with Crippen LogP contribution in [0.15, 0.2) is 23.7 Å². The second-order valence-corrected chi connectivity index (χ2v) is 5.41. The van der Waals surface area contributed by atoms with E-state index in [4.69, 9.17) is 4.74 Å². The van der Waals surface area contributed by atoms with Gasteiger partial charge in [-0.15, -0.1) is 11.3 Å². The van der Waals surface area contributed by atoms with Crippen LogP contribution in [0.4, 0.5) is 4.39 Å². The molecule has 0 fully saturated rings. The number of carbonyl (C=O) groups is 1. The predicted octanol–water partition coefficient (Wildman–Crippen LogP) is 3.14. The summed E-state index contributed by atoms with van der Waals surface area (Å²) in [5.41, 5.74) is 3.45. The first-order valence-electron chi connectivity index (χ1n) is 6.45. The Morgan fingerprint density at radius 3 is 2.86 bits per heavy atom. The van der Waals surface area contributed by atoms with E-state index in [1.807, 2.05) is 12.4 Å². The van der Waals surface area contributed by atoms with Crippen molar-refractivity contribution in [1.29, 1.82) is 0 Å². The highest BCUT2D eigenvalue weighted by atomic mass is 32.1. The number of thiazole rings is 1. The average molecular weight is 309 g/mol. The summed E-state index contributed by atoms with van der Waals surface area (Å²) in [7, 11) is 1.22. The molecular weight excluding hydrogens is 293 g/mol. The Kier molecular flexibility index (Phi) is 5.41. The lowest BCUT2D eigenvalue weighted by atomic mass is 10.1. The van der Waals surface area contributed by atoms with E-state index in [0.717, 1.165) is 12.1 Å². The average Bonchev–Trinajstić information content (AvgIpc) is 2.88. The third kappa shape index (κ3) is 4.09. The number of rotatable bonds is 6. The Hall–Kier alpha value is -1.79. The van der Waals surface area contributed by atoms with Gasteiger partial charge in [0.15, 0.2) is 0 Å². The third-order valence-electron chi connectivity index (χ3n) is 3.03. The van der Waals surface area contributed by atoms with Crippen LogP contribution in [0.25, 0.3) is 0 Å². The molecule has 2 rings (SSSR count). The van der Waals surface area contributed by atoms with Crippen molar-refractivity contribution in [2.75, 3.05) is 13.7 Å². The maximum Gasteiger partial charge on any atom is 0.340 e. The summed E-state index contributed by atoms with van der Waals surface area (Å²) in [4.78, 5) is 16.6. The van der Waals surface area contributed by atoms with Gasteiger partial charge in [0, 0.05) is 11.3 Å². The normalized spacial score (nSPS) is 10.6. The maximum absolute atomic E-state index is 13.7. The molecule has 0 N–H and O–H groups in total. The largest absolute Gasteiger partial charge is 0.465 e. The minimum Gasteiger partial charge on any atom is -0.465 e. The Labute approximate surface area is 126 Å². The molecule has 1 aromatic heterocycles. The Balaban J connectivity index is 1.85. The Morgan fingerprint density at radius 2 is 2.24 bits per heavy atom. The Morgan fingerprint density at radius 1 is 1.43 bits per heavy atom. The van der Waals surface area contributed by atoms with Gasteiger partial charge in [0.25, 0.3) is 0 Å². The molecule has 4 nitrogen and oxygen atoms in total. The number of methoxy groups -OCH3 is 1. The van der Waals surface area contributed by atoms with Crippen LogP contribution in [-0.4, -0.2) is 24.7 Å². The molecule has 0 aliphatic carbocycles. The molecule has 0 spiro atoms. The minimum absolute atomic E-state index is 0.0680. The van der Waals surface area contributed by atoms with Gasteiger partial charge in [-0.05, 0) is 24.6 Å². The maximum atomic E-state index is 13.7. The molecule has 0 aliphatic rings. The number of halogens is 1. The van der Waals surface area contributed by atoms with Crippen molar-refractivity contribution in [2.24, 2.45) is 0 Å². The number of aryl methyl sites for hydroxylation is 1. The summed E-state index contributed by atoms with van der Waals surface area (Å²) in [6.45, 7) is 2.81. The van der Waals surface area contributed by atoms with Gasteiger partial charge in [-0.1, -0.05) is 6.07 Å². The van der Waals surface area contributed by atoms with Crippen LogP contribution >= 0.6 is 11.3 Å². The van der Waals surface area contributed by atoms with Gasteiger partial charge in [-0.3, -0.25) is 0 Å². The van der Waals surface area contributed by atoms with Crippen molar-refractivity contribution in [2.45, 2.75) is 20.0 Å². The van der Waals surface area contributed by atoms with E-state index in [2.05, 4.69) is 9.72 Å². The molecule has 21 heavy (non-hydrogen) atoms. The van der Waals surface area contributed by atoms with E-state index < -0.39 is 11.8 Å². The van der Waals surface area contributed by atoms with Crippen molar-refractivity contribution in [3.05, 3.63) is 51.2 Å². The summed E-state index contributed by atoms with van der Waals surface area (Å²) in [5, 5.41) is 0. The third-order valence-corrected chi connectivity index (χ3v) is 4.02. The smallest absolute Gasteiger partial charge is 0.340 e. The number of aromatic nitrogens is 1. The van der Waals surface area contributed by atoms with Crippen LogP contribution in [0.2, 0.25) is 0 Å². The molecule has 0 radical (unpaired) electrons. The molecule has 0 saturated heterocycles. The van der Waals surface area contributed by atoms with Gasteiger partial charge < -0.3 is 9.47 Å². The second kappa shape index (κ2) is 7.28. The Bertz CT molecular complexity index is 627. The van der Waals surface area contributed by atoms with Crippen LogP contribution in [0.1, 0.15) is 26.5 Å². The van der Waals surface area contributed by atoms with Crippen molar-refractivity contribution >= 4 is 17.3 Å². The van der Waals surface area contributed by atoms with Gasteiger partial charge in [-0.2, -0.15) is 0 Å². The quantitative estimate of drug-likeness (QED) is 0.607. The lowest BCUT2D eigenvalue weighted by Crippen LogP contribution is -2.05. The van der Waals surface area contributed by atoms with Crippen LogP contribution in [0.3, 0.4) is 0 Å². The van der Waals surface area contributed by atoms with Gasteiger partial charge in [-0.25, -0.2) is 14.2 Å². The fourth-order valence-electron chi connectivity index (χ4n) is 1.84. The zero-order chi connectivity index (χ0) is 15.2. The molecule has 1 aromatic carbocycles. The van der Waals surface area contributed by atoms with Gasteiger partial charge in [0.2, 0.25) is 0 Å². The van der Waals surface area contributed by atoms with Gasteiger partial charge >= 0.3 is 5.97 Å². The molecule has 112 valence electrons. The van der Waals surface area contributed by atoms with Crippen molar-refractivity contribution in [3.8, 4) is 0 Å². The number of ether oxygens (including phenoxy) is 2. The van der Waals surface area contributed by atoms with Crippen molar-refractivity contribution in [3.63, 3.8) is 0 Å². The summed E-state index contributed by atoms with van der Waals surface area (Å²) >= 11 is 1.60. The standard InChI is InChI=1S/C15H16FNO3S/c1-10-14(21-9-17-10)5-6-20-8-11-3-4-12(13(16)7-11)15(18)19-2/h3-4,7,9H,5-6,8H2,1-2H3. The molecule has 0 bridgehead atoms. The number of hydrogen-bond acceptors (Lipinski definition) is 5. The van der Waals surface area contributed by atoms with E-state index in [0.29, 0.717) is 18.8 Å². The first-order chi connectivity index (χ1) is 10.1. The van der Waals surface area contributed by atoms with E-state index in [1.165, 1.54) is 24.1 Å². The van der Waals surface area contributed by atoms with Crippen LogP contribution in [0, 0.1) is 12.7 Å². The summed E-state index contributed by atoms with van der Waals surface area (Å²) < 4.78 is 23.7. The number of esters is 1. The summed E-state index contributed by atoms with van der Waals surface area (Å²) in [6.07, 6.45) is 0.791. The highest BCUT2D eigenvalue weighted by molar-refractivity contribution is 7.09. The fourth-order valence-corrected chi connectivity index (χ4v) is 2.61. The highest BCUT2D eigenvalue weighted by Crippen LogP contribution is 2.14. The highest BCUT2D eigenvalue weighted by Gasteiger charge is 2.12. The van der Waals surface area contributed by atoms with E-state index >= 15 is 0 Å². The van der Waals surface area contributed by atoms with E-state index in [1.54, 1.807) is 17.4 Å². The van der Waals surface area contributed by atoms with Crippen molar-refractivity contribution < 1.29 is 18.7 Å². The van der Waals surface area contributed by atoms with Crippen LogP contribution in [-0.2, 0) is 22.5 Å². The van der Waals surface area contributed by atoms with E-state index in [9.17, 15) is 9.18 Å². The van der Waals surface area contributed by atoms with Gasteiger partial charge in [0.05, 0.1) is 37.1 Å². The second-order valence-electron chi connectivity index (χ2n) is 4.47. The lowest BCUT2D eigenvalue weighted by molar-refractivity contribution is 0.0595. The summed E-state index contributed by atoms with van der Waals surface area (Å²) in [6, 6.07) is 4.37. The van der Waals surface area contributed by atoms with E-state index in [-0.39, 0.29) is 5.56 Å². The number of carbonyl (C=O) groups excluding carboxylic acids is 1. The number of hydrogen-bond donors (Lipinski definition) is 0. The van der Waals surface area contributed by atoms with Crippen molar-refractivity contribution in [1.82, 2.24) is 4.98 Å². The first kappa shape index (κ1) is 15.6. The molecule has 1 heterocycles. The SMILES string of the molecule is COC(=O)c1ccc(COCCc2scnc2C)cc1F.